The van der Waals surface area contributed by atoms with Gasteiger partial charge in [-0.2, -0.15) is 0 Å². The van der Waals surface area contributed by atoms with Gasteiger partial charge in [-0.1, -0.05) is 24.6 Å². The van der Waals surface area contributed by atoms with Gasteiger partial charge in [0.1, 0.15) is 5.75 Å². The summed E-state index contributed by atoms with van der Waals surface area (Å²) in [7, 11) is 1.63. The summed E-state index contributed by atoms with van der Waals surface area (Å²) in [4.78, 5) is 19.1. The number of fused-ring (bicyclic) bond motifs is 1. The maximum Gasteiger partial charge on any atom is 0.307 e. The molecule has 1 aliphatic rings. The summed E-state index contributed by atoms with van der Waals surface area (Å²) >= 11 is 1.55. The van der Waals surface area contributed by atoms with Crippen LogP contribution in [0.2, 0.25) is 0 Å². The molecule has 2 N–H and O–H groups in total. The highest BCUT2D eigenvalue weighted by Crippen LogP contribution is 2.37. The number of thioether (sulfide) groups is 1. The number of rotatable bonds is 4. The van der Waals surface area contributed by atoms with Gasteiger partial charge < -0.3 is 14.8 Å². The van der Waals surface area contributed by atoms with Crippen LogP contribution in [-0.2, 0) is 4.79 Å². The summed E-state index contributed by atoms with van der Waals surface area (Å²) in [5, 5.41) is 10.2. The molecule has 5 nitrogen and oxygen atoms in total. The quantitative estimate of drug-likeness (QED) is 0.906. The average molecular weight is 306 g/mol. The number of imidazole rings is 1. The normalized spacial score (nSPS) is 22.3. The summed E-state index contributed by atoms with van der Waals surface area (Å²) in [6.45, 7) is 0. The predicted octanol–water partition coefficient (Wildman–Crippen LogP) is 3.31. The van der Waals surface area contributed by atoms with Crippen molar-refractivity contribution in [2.75, 3.05) is 7.11 Å². The minimum absolute atomic E-state index is 0.0960. The van der Waals surface area contributed by atoms with Crippen molar-refractivity contribution in [1.29, 1.82) is 0 Å². The topological polar surface area (TPSA) is 75.2 Å². The molecule has 0 bridgehead atoms. The van der Waals surface area contributed by atoms with E-state index in [1.54, 1.807) is 18.9 Å². The first-order valence-electron chi connectivity index (χ1n) is 7.10. The molecule has 112 valence electrons. The highest BCUT2D eigenvalue weighted by molar-refractivity contribution is 7.99. The fourth-order valence-electron chi connectivity index (χ4n) is 2.81. The first-order chi connectivity index (χ1) is 10.2. The van der Waals surface area contributed by atoms with Crippen LogP contribution in [0.25, 0.3) is 11.0 Å². The van der Waals surface area contributed by atoms with E-state index in [4.69, 9.17) is 4.74 Å². The maximum absolute atomic E-state index is 11.4. The first kappa shape index (κ1) is 14.3. The zero-order valence-corrected chi connectivity index (χ0v) is 12.7. The molecule has 0 radical (unpaired) electrons. The summed E-state index contributed by atoms with van der Waals surface area (Å²) in [5.74, 6) is -0.180. The zero-order valence-electron chi connectivity index (χ0n) is 11.8. The third kappa shape index (κ3) is 3.00. The van der Waals surface area contributed by atoms with E-state index in [1.165, 1.54) is 0 Å². The first-order valence-corrected chi connectivity index (χ1v) is 7.98. The van der Waals surface area contributed by atoms with E-state index < -0.39 is 5.97 Å². The van der Waals surface area contributed by atoms with Gasteiger partial charge in [0.15, 0.2) is 5.16 Å². The summed E-state index contributed by atoms with van der Waals surface area (Å²) in [6, 6.07) is 5.69. The number of carbonyl (C=O) groups is 1. The zero-order chi connectivity index (χ0) is 14.8. The fourth-order valence-corrected chi connectivity index (χ4v) is 4.12. The molecule has 1 fully saturated rings. The lowest BCUT2D eigenvalue weighted by Gasteiger charge is -2.26. The second-order valence-corrected chi connectivity index (χ2v) is 6.54. The number of aromatic nitrogens is 2. The number of hydrogen-bond acceptors (Lipinski definition) is 4. The molecular weight excluding hydrogens is 288 g/mol. The number of ether oxygens (including phenoxy) is 1. The number of benzene rings is 1. The molecule has 1 heterocycles. The van der Waals surface area contributed by atoms with E-state index in [9.17, 15) is 9.90 Å². The van der Waals surface area contributed by atoms with Crippen LogP contribution in [0.1, 0.15) is 25.7 Å². The number of H-pyrrole nitrogens is 1. The van der Waals surface area contributed by atoms with Crippen molar-refractivity contribution in [1.82, 2.24) is 9.97 Å². The summed E-state index contributed by atoms with van der Waals surface area (Å²) in [6.07, 6.45) is 3.80. The molecular formula is C15H18N2O3S. The Morgan fingerprint density at radius 2 is 2.24 bits per heavy atom. The number of aliphatic carboxylic acids is 1. The van der Waals surface area contributed by atoms with Gasteiger partial charge in [0.05, 0.1) is 24.1 Å². The van der Waals surface area contributed by atoms with Gasteiger partial charge in [0, 0.05) is 11.3 Å². The Labute approximate surface area is 127 Å². The maximum atomic E-state index is 11.4. The van der Waals surface area contributed by atoms with Crippen LogP contribution in [0.15, 0.2) is 23.4 Å². The molecule has 21 heavy (non-hydrogen) atoms. The third-order valence-electron chi connectivity index (χ3n) is 3.95. The highest BCUT2D eigenvalue weighted by atomic mass is 32.2. The molecule has 1 aromatic carbocycles. The van der Waals surface area contributed by atoms with Gasteiger partial charge in [-0.15, -0.1) is 0 Å². The Balaban J connectivity index is 1.81. The Kier molecular flexibility index (Phi) is 4.05. The van der Waals surface area contributed by atoms with Gasteiger partial charge in [-0.05, 0) is 25.0 Å². The second-order valence-electron chi connectivity index (χ2n) is 5.31. The lowest BCUT2D eigenvalue weighted by Crippen LogP contribution is -2.29. The molecule has 3 rings (SSSR count). The van der Waals surface area contributed by atoms with Gasteiger partial charge in [-0.25, -0.2) is 4.98 Å². The second kappa shape index (κ2) is 5.97. The lowest BCUT2D eigenvalue weighted by molar-refractivity contribution is -0.142. The number of aromatic amines is 1. The van der Waals surface area contributed by atoms with E-state index in [0.717, 1.165) is 47.6 Å². The van der Waals surface area contributed by atoms with E-state index in [2.05, 4.69) is 9.97 Å². The van der Waals surface area contributed by atoms with E-state index >= 15 is 0 Å². The molecule has 0 aliphatic heterocycles. The number of nitrogens with zero attached hydrogens (tertiary/aromatic N) is 1. The van der Waals surface area contributed by atoms with Crippen LogP contribution < -0.4 is 4.74 Å². The molecule has 1 aromatic heterocycles. The SMILES string of the molecule is COc1ccc2nc(SC3CCCCC3C(=O)O)[nH]c2c1. The monoisotopic (exact) mass is 306 g/mol. The van der Waals surface area contributed by atoms with Gasteiger partial charge in [-0.3, -0.25) is 4.79 Å². The van der Waals surface area contributed by atoms with E-state index in [-0.39, 0.29) is 11.2 Å². The van der Waals surface area contributed by atoms with Crippen LogP contribution in [0.3, 0.4) is 0 Å². The van der Waals surface area contributed by atoms with Gasteiger partial charge >= 0.3 is 5.97 Å². The number of nitrogens with one attached hydrogen (secondary N) is 1. The van der Waals surface area contributed by atoms with Crippen molar-refractivity contribution < 1.29 is 14.6 Å². The van der Waals surface area contributed by atoms with Crippen LogP contribution >= 0.6 is 11.8 Å². The molecule has 6 heteroatoms. The smallest absolute Gasteiger partial charge is 0.307 e. The van der Waals surface area contributed by atoms with Crippen LogP contribution in [-0.4, -0.2) is 33.4 Å². The molecule has 2 atom stereocenters. The number of carboxylic acids is 1. The molecule has 1 aliphatic carbocycles. The van der Waals surface area contributed by atoms with Crippen molar-refractivity contribution in [3.8, 4) is 5.75 Å². The fraction of sp³-hybridized carbons (Fsp3) is 0.467. The van der Waals surface area contributed by atoms with Crippen molar-refractivity contribution in [3.63, 3.8) is 0 Å². The minimum atomic E-state index is -0.690. The Morgan fingerprint density at radius 1 is 1.43 bits per heavy atom. The lowest BCUT2D eigenvalue weighted by atomic mass is 9.89. The number of hydrogen-bond donors (Lipinski definition) is 2. The van der Waals surface area contributed by atoms with Gasteiger partial charge in [0.2, 0.25) is 0 Å². The average Bonchev–Trinajstić information content (AvgIpc) is 2.88. The molecule has 0 amide bonds. The van der Waals surface area contributed by atoms with Crippen LogP contribution in [0.5, 0.6) is 5.75 Å². The number of carboxylic acid groups (broad SMARTS) is 1. The standard InChI is InChI=1S/C15H18N2O3S/c1-20-9-6-7-11-12(8-9)17-15(16-11)21-13-5-3-2-4-10(13)14(18)19/h6-8,10,13H,2-5H2,1H3,(H,16,17)(H,18,19). The highest BCUT2D eigenvalue weighted by Gasteiger charge is 2.32. The predicted molar refractivity (Wildman–Crippen MR) is 81.9 cm³/mol. The van der Waals surface area contributed by atoms with Crippen LogP contribution in [0, 0.1) is 5.92 Å². The van der Waals surface area contributed by atoms with Crippen molar-refractivity contribution in [2.45, 2.75) is 36.1 Å². The number of methoxy groups -OCH3 is 1. The molecule has 2 aromatic rings. The van der Waals surface area contributed by atoms with Crippen molar-refractivity contribution in [3.05, 3.63) is 18.2 Å². The van der Waals surface area contributed by atoms with Crippen molar-refractivity contribution in [2.24, 2.45) is 5.92 Å². The third-order valence-corrected chi connectivity index (χ3v) is 5.23. The molecule has 1 saturated carbocycles. The minimum Gasteiger partial charge on any atom is -0.497 e. The van der Waals surface area contributed by atoms with E-state index in [1.807, 2.05) is 18.2 Å². The Bertz CT molecular complexity index is 655. The Hall–Kier alpha value is -1.69. The van der Waals surface area contributed by atoms with Crippen molar-refractivity contribution >= 4 is 28.8 Å². The molecule has 2 unspecified atom stereocenters. The summed E-state index contributed by atoms with van der Waals surface area (Å²) < 4.78 is 5.20. The van der Waals surface area contributed by atoms with E-state index in [0.29, 0.717) is 0 Å². The summed E-state index contributed by atoms with van der Waals surface area (Å²) in [5.41, 5.74) is 1.79. The largest absolute Gasteiger partial charge is 0.497 e. The van der Waals surface area contributed by atoms with Crippen LogP contribution in [0.4, 0.5) is 0 Å². The molecule has 0 spiro atoms. The molecule has 0 saturated heterocycles. The van der Waals surface area contributed by atoms with Gasteiger partial charge in [0.25, 0.3) is 0 Å². The Morgan fingerprint density at radius 3 is 3.00 bits per heavy atom.